The number of thioether (sulfide) groups is 1. The number of aliphatic hydroxyl groups is 2. The quantitative estimate of drug-likeness (QED) is 0.477. The summed E-state index contributed by atoms with van der Waals surface area (Å²) in [4.78, 5) is 27.7. The van der Waals surface area contributed by atoms with Crippen molar-refractivity contribution in [1.82, 2.24) is 0 Å². The Balaban J connectivity index is 1.80. The molecule has 2 aliphatic heterocycles. The molecule has 8 heteroatoms. The van der Waals surface area contributed by atoms with Crippen molar-refractivity contribution in [3.8, 4) is 0 Å². The van der Waals surface area contributed by atoms with E-state index in [9.17, 15) is 19.8 Å². The van der Waals surface area contributed by atoms with Crippen LogP contribution in [-0.4, -0.2) is 26.9 Å². The molecule has 6 nitrogen and oxygen atoms in total. The van der Waals surface area contributed by atoms with E-state index in [0.717, 1.165) is 9.37 Å². The van der Waals surface area contributed by atoms with Gasteiger partial charge >= 0.3 is 0 Å². The molecular weight excluding hydrogens is 492 g/mol. The van der Waals surface area contributed by atoms with Crippen LogP contribution in [0.5, 0.6) is 0 Å². The van der Waals surface area contributed by atoms with Gasteiger partial charge in [0.05, 0.1) is 23.6 Å². The van der Waals surface area contributed by atoms with Crippen molar-refractivity contribution in [3.05, 3.63) is 94.2 Å². The summed E-state index contributed by atoms with van der Waals surface area (Å²) in [6.07, 6.45) is 0. The maximum atomic E-state index is 13.8. The first-order chi connectivity index (χ1) is 15.5. The van der Waals surface area contributed by atoms with E-state index < -0.39 is 22.4 Å². The molecule has 0 fully saturated rings. The van der Waals surface area contributed by atoms with Crippen LogP contribution in [0.1, 0.15) is 11.1 Å². The summed E-state index contributed by atoms with van der Waals surface area (Å²) < 4.78 is 0.827. The van der Waals surface area contributed by atoms with Crippen LogP contribution >= 0.6 is 27.7 Å². The predicted octanol–water partition coefficient (Wildman–Crippen LogP) is 4.70. The van der Waals surface area contributed by atoms with Crippen LogP contribution in [-0.2, 0) is 16.2 Å². The summed E-state index contributed by atoms with van der Waals surface area (Å²) in [5.41, 5.74) is 2.22. The van der Waals surface area contributed by atoms with Gasteiger partial charge in [-0.25, -0.2) is 0 Å². The second-order valence-corrected chi connectivity index (χ2v) is 9.50. The van der Waals surface area contributed by atoms with Crippen molar-refractivity contribution in [2.45, 2.75) is 16.4 Å². The number of nitrogens with zero attached hydrogens (tertiary/aromatic N) is 1. The molecular formula is C24H17BrN2O4S. The average Bonchev–Trinajstić information content (AvgIpc) is 3.02. The fourth-order valence-electron chi connectivity index (χ4n) is 4.10. The summed E-state index contributed by atoms with van der Waals surface area (Å²) in [5, 5.41) is 23.9. The van der Waals surface area contributed by atoms with Crippen molar-refractivity contribution in [2.24, 2.45) is 0 Å². The number of fused-ring (bicyclic) bond motifs is 1. The molecule has 5 rings (SSSR count). The Morgan fingerprint density at radius 2 is 1.66 bits per heavy atom. The van der Waals surface area contributed by atoms with E-state index in [2.05, 4.69) is 21.2 Å². The number of para-hydroxylation sites is 2. The molecule has 3 N–H and O–H groups in total. The smallest absolute Gasteiger partial charge is 0.295 e. The van der Waals surface area contributed by atoms with Gasteiger partial charge < -0.3 is 15.5 Å². The summed E-state index contributed by atoms with van der Waals surface area (Å²) >= 11 is 4.59. The van der Waals surface area contributed by atoms with Crippen molar-refractivity contribution < 1.29 is 19.8 Å². The van der Waals surface area contributed by atoms with Gasteiger partial charge in [-0.15, -0.1) is 0 Å². The van der Waals surface area contributed by atoms with E-state index in [-0.39, 0.29) is 12.2 Å². The first-order valence-electron chi connectivity index (χ1n) is 9.80. The fourth-order valence-corrected chi connectivity index (χ4v) is 5.79. The minimum atomic E-state index is -1.60. The van der Waals surface area contributed by atoms with Crippen molar-refractivity contribution in [2.75, 3.05) is 10.2 Å². The second kappa shape index (κ2) is 7.81. The summed E-state index contributed by atoms with van der Waals surface area (Å²) in [6, 6.07) is 21.2. The highest BCUT2D eigenvalue weighted by Crippen LogP contribution is 2.56. The molecule has 1 unspecified atom stereocenters. The number of amides is 2. The monoisotopic (exact) mass is 508 g/mol. The highest BCUT2D eigenvalue weighted by molar-refractivity contribution is 9.10. The van der Waals surface area contributed by atoms with Gasteiger partial charge in [-0.05, 0) is 35.9 Å². The number of anilines is 2. The normalized spacial score (nSPS) is 20.0. The number of nitrogens with one attached hydrogen (secondary N) is 1. The van der Waals surface area contributed by atoms with Crippen LogP contribution in [0.2, 0.25) is 0 Å². The lowest BCUT2D eigenvalue weighted by Gasteiger charge is -2.41. The zero-order valence-corrected chi connectivity index (χ0v) is 19.0. The first kappa shape index (κ1) is 20.8. The molecule has 2 aliphatic rings. The molecule has 0 saturated heterocycles. The largest absolute Gasteiger partial charge is 0.503 e. The number of rotatable bonds is 3. The third-order valence-electron chi connectivity index (χ3n) is 5.53. The number of hydrogen-bond donors (Lipinski definition) is 3. The molecule has 2 amide bonds. The van der Waals surface area contributed by atoms with Crippen LogP contribution < -0.4 is 10.2 Å². The number of carbonyl (C=O) groups excluding carboxylic acids is 2. The molecule has 2 heterocycles. The Morgan fingerprint density at radius 3 is 2.41 bits per heavy atom. The van der Waals surface area contributed by atoms with Gasteiger partial charge in [0, 0.05) is 14.9 Å². The molecule has 1 atom stereocenters. The predicted molar refractivity (Wildman–Crippen MR) is 127 cm³/mol. The van der Waals surface area contributed by atoms with Crippen LogP contribution in [0.25, 0.3) is 5.57 Å². The van der Waals surface area contributed by atoms with Gasteiger partial charge in [-0.2, -0.15) is 0 Å². The number of hydrogen-bond acceptors (Lipinski definition) is 5. The van der Waals surface area contributed by atoms with E-state index in [1.165, 1.54) is 16.7 Å². The Hall–Kier alpha value is -3.07. The Kier molecular flexibility index (Phi) is 5.08. The second-order valence-electron chi connectivity index (χ2n) is 7.35. The summed E-state index contributed by atoms with van der Waals surface area (Å²) in [7, 11) is 0. The molecule has 0 aromatic heterocycles. The maximum Gasteiger partial charge on any atom is 0.295 e. The molecule has 0 bridgehead atoms. The molecule has 0 saturated carbocycles. The molecule has 3 aromatic carbocycles. The minimum Gasteiger partial charge on any atom is -0.503 e. The van der Waals surface area contributed by atoms with E-state index in [4.69, 9.17) is 0 Å². The lowest BCUT2D eigenvalue weighted by molar-refractivity contribution is -0.121. The van der Waals surface area contributed by atoms with Gasteiger partial charge in [-0.1, -0.05) is 70.2 Å². The van der Waals surface area contributed by atoms with Gasteiger partial charge in [0.25, 0.3) is 11.8 Å². The highest BCUT2D eigenvalue weighted by Gasteiger charge is 2.61. The zero-order chi connectivity index (χ0) is 22.5. The van der Waals surface area contributed by atoms with E-state index in [0.29, 0.717) is 22.5 Å². The molecule has 1 spiro atoms. The van der Waals surface area contributed by atoms with Crippen molar-refractivity contribution >= 4 is 56.5 Å². The van der Waals surface area contributed by atoms with Gasteiger partial charge in [0.2, 0.25) is 4.87 Å². The van der Waals surface area contributed by atoms with Crippen LogP contribution in [0.4, 0.5) is 11.4 Å². The van der Waals surface area contributed by atoms with Crippen LogP contribution in [0.3, 0.4) is 0 Å². The Bertz CT molecular complexity index is 1290. The lowest BCUT2D eigenvalue weighted by Crippen LogP contribution is -2.56. The number of halogens is 1. The van der Waals surface area contributed by atoms with E-state index >= 15 is 0 Å². The Labute approximate surface area is 196 Å². The van der Waals surface area contributed by atoms with Gasteiger partial charge in [0.1, 0.15) is 0 Å². The molecule has 0 radical (unpaired) electrons. The standard InChI is InChI=1S/C24H17BrN2O4S/c25-16-11-9-14(10-12-16)20-21(29)22(30)27(18-7-3-1-5-15(18)13-28)24(20)23(31)26-17-6-2-4-8-19(17)32-24/h1-12,28-29H,13H2,(H,26,31). The van der Waals surface area contributed by atoms with E-state index in [1.807, 2.05) is 18.2 Å². The molecule has 32 heavy (non-hydrogen) atoms. The number of benzene rings is 3. The first-order valence-corrected chi connectivity index (χ1v) is 11.4. The number of aliphatic hydroxyl groups excluding tert-OH is 2. The van der Waals surface area contributed by atoms with Crippen molar-refractivity contribution in [3.63, 3.8) is 0 Å². The SMILES string of the molecule is O=C1C(O)=C(c2ccc(Br)cc2)C2(Sc3ccccc3NC2=O)N1c1ccccc1CO. The summed E-state index contributed by atoms with van der Waals surface area (Å²) in [5.74, 6) is -1.66. The third kappa shape index (κ3) is 2.98. The maximum absolute atomic E-state index is 13.8. The topological polar surface area (TPSA) is 89.9 Å². The molecule has 0 aliphatic carbocycles. The summed E-state index contributed by atoms with van der Waals surface area (Å²) in [6.45, 7) is -0.326. The Morgan fingerprint density at radius 1 is 0.969 bits per heavy atom. The van der Waals surface area contributed by atoms with Crippen molar-refractivity contribution in [1.29, 1.82) is 0 Å². The molecule has 3 aromatic rings. The number of carbonyl (C=O) groups is 2. The van der Waals surface area contributed by atoms with E-state index in [1.54, 1.807) is 54.6 Å². The van der Waals surface area contributed by atoms with Gasteiger partial charge in [0.15, 0.2) is 5.76 Å². The van der Waals surface area contributed by atoms with Gasteiger partial charge in [-0.3, -0.25) is 14.5 Å². The average molecular weight is 509 g/mol. The highest BCUT2D eigenvalue weighted by atomic mass is 79.9. The minimum absolute atomic E-state index is 0.208. The zero-order valence-electron chi connectivity index (χ0n) is 16.6. The van der Waals surface area contributed by atoms with Crippen LogP contribution in [0, 0.1) is 0 Å². The lowest BCUT2D eigenvalue weighted by atomic mass is 9.96. The fraction of sp³-hybridized carbons (Fsp3) is 0.0833. The molecule has 160 valence electrons. The third-order valence-corrected chi connectivity index (χ3v) is 7.50. The van der Waals surface area contributed by atoms with Crippen LogP contribution in [0.15, 0.2) is 87.9 Å².